The summed E-state index contributed by atoms with van der Waals surface area (Å²) in [5.74, 6) is 0.332. The molecule has 0 unspecified atom stereocenters. The van der Waals surface area contributed by atoms with Crippen molar-refractivity contribution in [2.45, 2.75) is 13.2 Å². The number of nitrogens with zero attached hydrogens (tertiary/aromatic N) is 4. The lowest BCUT2D eigenvalue weighted by Gasteiger charge is -2.17. The van der Waals surface area contributed by atoms with Crippen LogP contribution in [-0.2, 0) is 13.2 Å². The summed E-state index contributed by atoms with van der Waals surface area (Å²) in [6, 6.07) is 10.1. The summed E-state index contributed by atoms with van der Waals surface area (Å²) in [7, 11) is 3.78. The molecule has 0 aliphatic heterocycles. The van der Waals surface area contributed by atoms with Gasteiger partial charge in [-0.3, -0.25) is 14.3 Å². The number of aromatic nitrogens is 3. The highest BCUT2D eigenvalue weighted by Gasteiger charge is 2.23. The van der Waals surface area contributed by atoms with Gasteiger partial charge in [0.2, 0.25) is 5.78 Å². The topological polar surface area (TPSA) is 71.2 Å². The highest BCUT2D eigenvalue weighted by Crippen LogP contribution is 2.29. The summed E-state index contributed by atoms with van der Waals surface area (Å²) in [5, 5.41) is 10.5. The molecule has 0 radical (unpaired) electrons. The Morgan fingerprint density at radius 3 is 2.63 bits per heavy atom. The van der Waals surface area contributed by atoms with Gasteiger partial charge in [0.25, 0.3) is 0 Å². The van der Waals surface area contributed by atoms with Crippen LogP contribution in [0, 0.1) is 0 Å². The third-order valence-corrected chi connectivity index (χ3v) is 4.48. The van der Waals surface area contributed by atoms with E-state index in [1.54, 1.807) is 47.2 Å². The van der Waals surface area contributed by atoms with Crippen LogP contribution >= 0.6 is 23.2 Å². The molecule has 27 heavy (non-hydrogen) atoms. The third kappa shape index (κ3) is 4.04. The van der Waals surface area contributed by atoms with E-state index in [1.165, 1.54) is 0 Å². The van der Waals surface area contributed by atoms with Gasteiger partial charge < -0.3 is 10.0 Å². The standard InChI is InChI=1S/C19H18Cl2N4O2/c1-24(2)10-17-23-19(21)16(11-26)25(17)15-9-12(20)6-7-13(15)18(27)14-5-3-4-8-22-14/h3-9,26H,10-11H2,1-2H3. The molecule has 0 saturated carbocycles. The molecule has 0 aliphatic rings. The fraction of sp³-hybridized carbons (Fsp3) is 0.211. The summed E-state index contributed by atoms with van der Waals surface area (Å²) < 4.78 is 1.68. The van der Waals surface area contributed by atoms with Crippen molar-refractivity contribution < 1.29 is 9.90 Å². The monoisotopic (exact) mass is 404 g/mol. The number of ketones is 1. The van der Waals surface area contributed by atoms with Crippen LogP contribution in [0.25, 0.3) is 5.69 Å². The molecule has 0 bridgehead atoms. The molecule has 1 N–H and O–H groups in total. The molecule has 0 saturated heterocycles. The van der Waals surface area contributed by atoms with Crippen molar-refractivity contribution in [2.24, 2.45) is 0 Å². The SMILES string of the molecule is CN(C)Cc1nc(Cl)c(CO)n1-c1cc(Cl)ccc1C(=O)c1ccccn1. The second-order valence-corrected chi connectivity index (χ2v) is 7.00. The number of halogens is 2. The van der Waals surface area contributed by atoms with Crippen LogP contribution in [0.3, 0.4) is 0 Å². The highest BCUT2D eigenvalue weighted by molar-refractivity contribution is 6.31. The van der Waals surface area contributed by atoms with E-state index in [0.29, 0.717) is 40.0 Å². The Morgan fingerprint density at radius 1 is 1.22 bits per heavy atom. The van der Waals surface area contributed by atoms with E-state index in [9.17, 15) is 9.90 Å². The van der Waals surface area contributed by atoms with E-state index < -0.39 is 0 Å². The number of aliphatic hydroxyl groups is 1. The Kier molecular flexibility index (Phi) is 5.92. The van der Waals surface area contributed by atoms with Crippen LogP contribution in [0.4, 0.5) is 0 Å². The normalized spacial score (nSPS) is 11.2. The van der Waals surface area contributed by atoms with Crippen molar-refractivity contribution in [2.75, 3.05) is 14.1 Å². The molecule has 3 aromatic rings. The van der Waals surface area contributed by atoms with Crippen molar-refractivity contribution >= 4 is 29.0 Å². The van der Waals surface area contributed by atoms with Crippen LogP contribution in [0.2, 0.25) is 10.2 Å². The number of hydrogen-bond donors (Lipinski definition) is 1. The van der Waals surface area contributed by atoms with Crippen molar-refractivity contribution in [3.05, 3.63) is 75.5 Å². The van der Waals surface area contributed by atoms with Crippen molar-refractivity contribution in [3.63, 3.8) is 0 Å². The van der Waals surface area contributed by atoms with Gasteiger partial charge in [-0.1, -0.05) is 29.3 Å². The first-order valence-corrected chi connectivity index (χ1v) is 8.95. The Hall–Kier alpha value is -2.25. The van der Waals surface area contributed by atoms with E-state index in [4.69, 9.17) is 23.2 Å². The minimum atomic E-state index is -0.330. The molecule has 2 aromatic heterocycles. The number of pyridine rings is 1. The second kappa shape index (κ2) is 8.19. The average molecular weight is 405 g/mol. The van der Waals surface area contributed by atoms with Crippen molar-refractivity contribution in [1.82, 2.24) is 19.4 Å². The molecule has 0 fully saturated rings. The quantitative estimate of drug-likeness (QED) is 0.637. The molecule has 0 amide bonds. The lowest BCUT2D eigenvalue weighted by Crippen LogP contribution is -2.18. The van der Waals surface area contributed by atoms with E-state index in [2.05, 4.69) is 9.97 Å². The maximum absolute atomic E-state index is 13.0. The number of imidazole rings is 1. The van der Waals surface area contributed by atoms with Gasteiger partial charge in [0.15, 0.2) is 5.15 Å². The molecule has 0 aliphatic carbocycles. The summed E-state index contributed by atoms with van der Waals surface area (Å²) in [5.41, 5.74) is 1.60. The molecule has 2 heterocycles. The molecular weight excluding hydrogens is 387 g/mol. The summed E-state index contributed by atoms with van der Waals surface area (Å²) in [6.07, 6.45) is 1.56. The van der Waals surface area contributed by atoms with Gasteiger partial charge in [0, 0.05) is 16.8 Å². The number of carbonyl (C=O) groups is 1. The zero-order valence-corrected chi connectivity index (χ0v) is 16.4. The first kappa shape index (κ1) is 19.5. The number of hydrogen-bond acceptors (Lipinski definition) is 5. The van der Waals surface area contributed by atoms with Crippen LogP contribution in [0.15, 0.2) is 42.6 Å². The smallest absolute Gasteiger partial charge is 0.213 e. The molecule has 0 atom stereocenters. The van der Waals surface area contributed by atoms with Crippen LogP contribution < -0.4 is 0 Å². The van der Waals surface area contributed by atoms with Gasteiger partial charge in [0.05, 0.1) is 24.5 Å². The van der Waals surface area contributed by atoms with Gasteiger partial charge in [-0.2, -0.15) is 0 Å². The van der Waals surface area contributed by atoms with Gasteiger partial charge >= 0.3 is 0 Å². The summed E-state index contributed by atoms with van der Waals surface area (Å²) >= 11 is 12.4. The summed E-state index contributed by atoms with van der Waals surface area (Å²) in [6.45, 7) is 0.131. The first-order valence-electron chi connectivity index (χ1n) is 8.19. The Morgan fingerprint density at radius 2 is 2.00 bits per heavy atom. The molecule has 140 valence electrons. The molecule has 6 nitrogen and oxygen atoms in total. The first-order chi connectivity index (χ1) is 12.9. The van der Waals surface area contributed by atoms with Crippen LogP contribution in [0.1, 0.15) is 27.6 Å². The minimum absolute atomic E-state index is 0.186. The lowest BCUT2D eigenvalue weighted by atomic mass is 10.0. The minimum Gasteiger partial charge on any atom is -0.390 e. The molecule has 0 spiro atoms. The van der Waals surface area contributed by atoms with E-state index >= 15 is 0 Å². The maximum Gasteiger partial charge on any atom is 0.213 e. The van der Waals surface area contributed by atoms with E-state index in [-0.39, 0.29) is 17.5 Å². The molecule has 1 aromatic carbocycles. The Balaban J connectivity index is 2.23. The Bertz CT molecular complexity index is 971. The van der Waals surface area contributed by atoms with E-state index in [0.717, 1.165) is 0 Å². The highest BCUT2D eigenvalue weighted by atomic mass is 35.5. The predicted octanol–water partition coefficient (Wildman–Crippen LogP) is 3.36. The fourth-order valence-electron chi connectivity index (χ4n) is 2.80. The molecular formula is C19H18Cl2N4O2. The number of aliphatic hydroxyl groups excluding tert-OH is 1. The number of rotatable bonds is 6. The molecule has 8 heteroatoms. The average Bonchev–Trinajstić information content (AvgIpc) is 2.95. The van der Waals surface area contributed by atoms with Crippen LogP contribution in [0.5, 0.6) is 0 Å². The van der Waals surface area contributed by atoms with Gasteiger partial charge in [-0.25, -0.2) is 4.98 Å². The maximum atomic E-state index is 13.0. The van der Waals surface area contributed by atoms with E-state index in [1.807, 2.05) is 19.0 Å². The van der Waals surface area contributed by atoms with Crippen LogP contribution in [-0.4, -0.2) is 44.4 Å². The Labute approximate surface area is 167 Å². The zero-order chi connectivity index (χ0) is 19.6. The predicted molar refractivity (Wildman–Crippen MR) is 105 cm³/mol. The third-order valence-electron chi connectivity index (χ3n) is 3.94. The number of benzene rings is 1. The number of carbonyl (C=O) groups excluding carboxylic acids is 1. The van der Waals surface area contributed by atoms with Gasteiger partial charge in [-0.05, 0) is 44.4 Å². The molecule has 3 rings (SSSR count). The summed E-state index contributed by atoms with van der Waals surface area (Å²) in [4.78, 5) is 23.5. The zero-order valence-electron chi connectivity index (χ0n) is 14.9. The van der Waals surface area contributed by atoms with Crippen molar-refractivity contribution in [3.8, 4) is 5.69 Å². The largest absolute Gasteiger partial charge is 0.390 e. The van der Waals surface area contributed by atoms with Gasteiger partial charge in [0.1, 0.15) is 11.5 Å². The fourth-order valence-corrected chi connectivity index (χ4v) is 3.21. The van der Waals surface area contributed by atoms with Gasteiger partial charge in [-0.15, -0.1) is 0 Å². The second-order valence-electron chi connectivity index (χ2n) is 6.20. The van der Waals surface area contributed by atoms with Crippen molar-refractivity contribution in [1.29, 1.82) is 0 Å². The lowest BCUT2D eigenvalue weighted by molar-refractivity contribution is 0.103.